The van der Waals surface area contributed by atoms with Crippen molar-refractivity contribution >= 4 is 17.2 Å². The van der Waals surface area contributed by atoms with Gasteiger partial charge in [-0.25, -0.2) is 0 Å². The number of aryl methyl sites for hydroxylation is 1. The normalized spacial score (nSPS) is 15.8. The molecule has 0 N–H and O–H groups in total. The summed E-state index contributed by atoms with van der Waals surface area (Å²) in [7, 11) is 0. The van der Waals surface area contributed by atoms with Crippen LogP contribution >= 0.6 is 11.6 Å². The van der Waals surface area contributed by atoms with E-state index in [9.17, 15) is 0 Å². The molecule has 0 fully saturated rings. The molecule has 2 heterocycles. The van der Waals surface area contributed by atoms with Crippen molar-refractivity contribution in [2.75, 3.05) is 13.1 Å². The van der Waals surface area contributed by atoms with Crippen molar-refractivity contribution in [1.82, 2.24) is 9.88 Å². The quantitative estimate of drug-likeness (QED) is 0.838. The van der Waals surface area contributed by atoms with E-state index >= 15 is 0 Å². The summed E-state index contributed by atoms with van der Waals surface area (Å²) in [6, 6.07) is 12.6. The van der Waals surface area contributed by atoms with Crippen LogP contribution in [0, 0.1) is 6.92 Å². The Morgan fingerprint density at radius 3 is 2.81 bits per heavy atom. The molecule has 0 saturated heterocycles. The van der Waals surface area contributed by atoms with E-state index in [1.807, 2.05) is 6.07 Å². The summed E-state index contributed by atoms with van der Waals surface area (Å²) in [4.78, 5) is 6.99. The lowest BCUT2D eigenvalue weighted by Gasteiger charge is -2.27. The third-order valence-electron chi connectivity index (χ3n) is 3.83. The fourth-order valence-corrected chi connectivity index (χ4v) is 3.04. The molecule has 3 heteroatoms. The maximum absolute atomic E-state index is 6.00. The van der Waals surface area contributed by atoms with Crippen molar-refractivity contribution in [1.29, 1.82) is 0 Å². The van der Waals surface area contributed by atoms with Crippen LogP contribution in [0.3, 0.4) is 0 Å². The third-order valence-corrected chi connectivity index (χ3v) is 4.03. The molecule has 1 aliphatic rings. The van der Waals surface area contributed by atoms with Gasteiger partial charge in [0.2, 0.25) is 0 Å². The van der Waals surface area contributed by atoms with Gasteiger partial charge in [0.15, 0.2) is 0 Å². The fraction of sp³-hybridized carbons (Fsp3) is 0.278. The molecule has 1 aliphatic heterocycles. The lowest BCUT2D eigenvalue weighted by atomic mass is 10.0. The Labute approximate surface area is 131 Å². The molecule has 0 spiro atoms. The maximum atomic E-state index is 6.00. The molecular formula is C18H19ClN2. The Bertz CT molecular complexity index is 650. The first-order valence-corrected chi connectivity index (χ1v) is 7.68. The van der Waals surface area contributed by atoms with Gasteiger partial charge in [0.25, 0.3) is 0 Å². The molecule has 0 saturated carbocycles. The molecule has 108 valence electrons. The number of benzene rings is 1. The predicted octanol–water partition coefficient (Wildman–Crippen LogP) is 4.33. The van der Waals surface area contributed by atoms with Crippen molar-refractivity contribution < 1.29 is 0 Å². The van der Waals surface area contributed by atoms with Crippen LogP contribution in [-0.2, 0) is 6.54 Å². The molecule has 0 radical (unpaired) electrons. The molecule has 21 heavy (non-hydrogen) atoms. The van der Waals surface area contributed by atoms with E-state index in [0.717, 1.165) is 37.3 Å². The second-order valence-corrected chi connectivity index (χ2v) is 5.97. The van der Waals surface area contributed by atoms with Crippen LogP contribution in [0.4, 0.5) is 0 Å². The Morgan fingerprint density at radius 1 is 1.24 bits per heavy atom. The van der Waals surface area contributed by atoms with Crippen LogP contribution in [0.25, 0.3) is 5.57 Å². The zero-order valence-corrected chi connectivity index (χ0v) is 13.0. The highest BCUT2D eigenvalue weighted by molar-refractivity contribution is 6.30. The highest BCUT2D eigenvalue weighted by Gasteiger charge is 2.16. The summed E-state index contributed by atoms with van der Waals surface area (Å²) in [6.45, 7) is 5.12. The van der Waals surface area contributed by atoms with E-state index in [4.69, 9.17) is 11.6 Å². The monoisotopic (exact) mass is 298 g/mol. The number of aromatic nitrogens is 1. The van der Waals surface area contributed by atoms with Crippen molar-refractivity contribution in [2.45, 2.75) is 19.9 Å². The molecule has 0 unspecified atom stereocenters. The zero-order chi connectivity index (χ0) is 14.7. The van der Waals surface area contributed by atoms with Crippen LogP contribution in [0.2, 0.25) is 5.02 Å². The Kier molecular flexibility index (Phi) is 4.37. The zero-order valence-electron chi connectivity index (χ0n) is 12.2. The summed E-state index contributed by atoms with van der Waals surface area (Å²) >= 11 is 6.00. The lowest BCUT2D eigenvalue weighted by molar-refractivity contribution is 0.296. The van der Waals surface area contributed by atoms with Crippen LogP contribution in [0.1, 0.15) is 23.2 Å². The van der Waals surface area contributed by atoms with E-state index in [2.05, 4.69) is 53.2 Å². The summed E-state index contributed by atoms with van der Waals surface area (Å²) in [5.41, 5.74) is 4.90. The first-order chi connectivity index (χ1) is 10.2. The second kappa shape index (κ2) is 6.42. The van der Waals surface area contributed by atoms with Gasteiger partial charge in [-0.3, -0.25) is 9.88 Å². The van der Waals surface area contributed by atoms with Gasteiger partial charge >= 0.3 is 0 Å². The SMILES string of the molecule is Cc1cc(Cl)cnc1C1=CCCN(Cc2ccccc2)C1. The molecule has 1 aromatic carbocycles. The Hall–Kier alpha value is -1.64. The molecule has 1 aromatic heterocycles. The third kappa shape index (κ3) is 3.52. The molecule has 2 aromatic rings. The molecule has 0 amide bonds. The van der Waals surface area contributed by atoms with Gasteiger partial charge in [0.05, 0.1) is 10.7 Å². The standard InChI is InChI=1S/C18H19ClN2/c1-14-10-17(19)11-20-18(14)16-8-5-9-21(13-16)12-15-6-3-2-4-7-15/h2-4,6-8,10-11H,5,9,12-13H2,1H3. The topological polar surface area (TPSA) is 16.1 Å². The molecule has 3 rings (SSSR count). The van der Waals surface area contributed by atoms with Crippen LogP contribution in [0.15, 0.2) is 48.7 Å². The van der Waals surface area contributed by atoms with E-state index in [-0.39, 0.29) is 0 Å². The lowest BCUT2D eigenvalue weighted by Crippen LogP contribution is -2.29. The highest BCUT2D eigenvalue weighted by Crippen LogP contribution is 2.24. The average molecular weight is 299 g/mol. The number of pyridine rings is 1. The Morgan fingerprint density at radius 2 is 2.05 bits per heavy atom. The van der Waals surface area contributed by atoms with E-state index in [1.165, 1.54) is 11.1 Å². The minimum atomic E-state index is 0.703. The predicted molar refractivity (Wildman–Crippen MR) is 88.3 cm³/mol. The first-order valence-electron chi connectivity index (χ1n) is 7.30. The van der Waals surface area contributed by atoms with E-state index in [0.29, 0.717) is 5.02 Å². The van der Waals surface area contributed by atoms with E-state index in [1.54, 1.807) is 6.20 Å². The van der Waals surface area contributed by atoms with Gasteiger partial charge in [-0.05, 0) is 36.1 Å². The molecule has 0 bridgehead atoms. The summed E-state index contributed by atoms with van der Waals surface area (Å²) < 4.78 is 0. The van der Waals surface area contributed by atoms with Crippen molar-refractivity contribution in [3.05, 3.63) is 70.5 Å². The van der Waals surface area contributed by atoms with Gasteiger partial charge in [0, 0.05) is 25.8 Å². The minimum Gasteiger partial charge on any atom is -0.294 e. The van der Waals surface area contributed by atoms with Crippen LogP contribution in [0.5, 0.6) is 0 Å². The van der Waals surface area contributed by atoms with Crippen LogP contribution in [-0.4, -0.2) is 23.0 Å². The van der Waals surface area contributed by atoms with E-state index < -0.39 is 0 Å². The maximum Gasteiger partial charge on any atom is 0.0701 e. The summed E-state index contributed by atoms with van der Waals surface area (Å²) in [5.74, 6) is 0. The van der Waals surface area contributed by atoms with Gasteiger partial charge in [0.1, 0.15) is 0 Å². The average Bonchev–Trinajstić information content (AvgIpc) is 2.48. The Balaban J connectivity index is 1.75. The summed E-state index contributed by atoms with van der Waals surface area (Å²) in [5, 5.41) is 0.703. The minimum absolute atomic E-state index is 0.703. The smallest absolute Gasteiger partial charge is 0.0701 e. The van der Waals surface area contributed by atoms with Gasteiger partial charge in [-0.2, -0.15) is 0 Å². The second-order valence-electron chi connectivity index (χ2n) is 5.53. The van der Waals surface area contributed by atoms with Gasteiger partial charge in [-0.15, -0.1) is 0 Å². The highest BCUT2D eigenvalue weighted by atomic mass is 35.5. The van der Waals surface area contributed by atoms with Crippen LogP contribution < -0.4 is 0 Å². The van der Waals surface area contributed by atoms with Crippen molar-refractivity contribution in [3.63, 3.8) is 0 Å². The molecule has 0 aliphatic carbocycles. The summed E-state index contributed by atoms with van der Waals surface area (Å²) in [6.07, 6.45) is 5.12. The van der Waals surface area contributed by atoms with Gasteiger partial charge < -0.3 is 0 Å². The molecule has 0 atom stereocenters. The fourth-order valence-electron chi connectivity index (χ4n) is 2.83. The number of halogens is 1. The van der Waals surface area contributed by atoms with Gasteiger partial charge in [-0.1, -0.05) is 48.0 Å². The number of nitrogens with zero attached hydrogens (tertiary/aromatic N) is 2. The number of hydrogen-bond acceptors (Lipinski definition) is 2. The molecule has 2 nitrogen and oxygen atoms in total. The number of rotatable bonds is 3. The first kappa shape index (κ1) is 14.3. The van der Waals surface area contributed by atoms with Crippen molar-refractivity contribution in [3.8, 4) is 0 Å². The molecular weight excluding hydrogens is 280 g/mol. The largest absolute Gasteiger partial charge is 0.294 e. The van der Waals surface area contributed by atoms with Crippen molar-refractivity contribution in [2.24, 2.45) is 0 Å². The number of hydrogen-bond donors (Lipinski definition) is 0.